The molecule has 0 aliphatic carbocycles. The molecule has 0 aliphatic rings. The van der Waals surface area contributed by atoms with Crippen molar-refractivity contribution in [2.75, 3.05) is 18.8 Å². The van der Waals surface area contributed by atoms with Gasteiger partial charge in [-0.1, -0.05) is 23.9 Å². The van der Waals surface area contributed by atoms with Crippen molar-refractivity contribution in [3.8, 4) is 0 Å². The summed E-state index contributed by atoms with van der Waals surface area (Å²) >= 11 is 2.83. The molecular weight excluding hydrogens is 366 g/mol. The number of carbonyl (C=O) groups is 1. The van der Waals surface area contributed by atoms with Crippen LogP contribution in [0.2, 0.25) is 0 Å². The molecule has 2 aromatic rings. The van der Waals surface area contributed by atoms with Crippen molar-refractivity contribution in [1.82, 2.24) is 14.5 Å². The number of rotatable bonds is 8. The molecule has 0 saturated heterocycles. The fourth-order valence-corrected chi connectivity index (χ4v) is 4.75. The Morgan fingerprint density at radius 1 is 1.31 bits per heavy atom. The smallest absolute Gasteiger partial charge is 0.263 e. The van der Waals surface area contributed by atoms with E-state index in [4.69, 9.17) is 4.98 Å². The summed E-state index contributed by atoms with van der Waals surface area (Å²) < 4.78 is 1.69. The van der Waals surface area contributed by atoms with E-state index < -0.39 is 0 Å². The number of hydrogen-bond acceptors (Lipinski definition) is 5. The highest BCUT2D eigenvalue weighted by Crippen LogP contribution is 2.29. The Hall–Kier alpha value is -1.86. The van der Waals surface area contributed by atoms with Gasteiger partial charge in [-0.25, -0.2) is 4.98 Å². The van der Waals surface area contributed by atoms with Gasteiger partial charge in [0, 0.05) is 24.0 Å². The van der Waals surface area contributed by atoms with E-state index in [0.29, 0.717) is 23.6 Å². The minimum Gasteiger partial charge on any atom is -0.335 e. The molecule has 26 heavy (non-hydrogen) atoms. The summed E-state index contributed by atoms with van der Waals surface area (Å²) in [4.78, 5) is 33.7. The molecule has 0 spiro atoms. The third-order valence-electron chi connectivity index (χ3n) is 4.10. The molecule has 0 atom stereocenters. The van der Waals surface area contributed by atoms with Crippen LogP contribution in [-0.2, 0) is 4.79 Å². The Kier molecular flexibility index (Phi) is 6.83. The standard InChI is InChI=1S/C19H25N3O2S2/c1-7-9-21(10-8-2)15(23)11-25-19-20-17-16(13(5)14(6)26-17)18(24)22(19)12(3)4/h7-8,12H,1-2,9-11H2,3-6H3. The monoisotopic (exact) mass is 391 g/mol. The quantitative estimate of drug-likeness (QED) is 0.388. The average Bonchev–Trinajstić information content (AvgIpc) is 2.86. The van der Waals surface area contributed by atoms with Gasteiger partial charge in [0.15, 0.2) is 5.16 Å². The van der Waals surface area contributed by atoms with E-state index in [1.54, 1.807) is 21.6 Å². The van der Waals surface area contributed by atoms with Crippen LogP contribution >= 0.6 is 23.1 Å². The molecule has 0 bridgehead atoms. The van der Waals surface area contributed by atoms with Crippen LogP contribution in [-0.4, -0.2) is 39.2 Å². The average molecular weight is 392 g/mol. The molecule has 0 radical (unpaired) electrons. The van der Waals surface area contributed by atoms with Crippen LogP contribution in [0, 0.1) is 13.8 Å². The predicted octanol–water partition coefficient (Wildman–Crippen LogP) is 3.95. The van der Waals surface area contributed by atoms with Crippen LogP contribution < -0.4 is 5.56 Å². The fraction of sp³-hybridized carbons (Fsp3) is 0.421. The molecule has 2 heterocycles. The second-order valence-corrected chi connectivity index (χ2v) is 8.44. The van der Waals surface area contributed by atoms with Gasteiger partial charge < -0.3 is 4.90 Å². The number of nitrogens with zero attached hydrogens (tertiary/aromatic N) is 3. The number of hydrogen-bond donors (Lipinski definition) is 0. The Balaban J connectivity index is 2.38. The summed E-state index contributed by atoms with van der Waals surface area (Å²) in [6.07, 6.45) is 3.38. The first-order valence-electron chi connectivity index (χ1n) is 8.46. The maximum Gasteiger partial charge on any atom is 0.263 e. The molecule has 5 nitrogen and oxygen atoms in total. The molecule has 7 heteroatoms. The SMILES string of the molecule is C=CCN(CC=C)C(=O)CSc1nc2sc(C)c(C)c2c(=O)n1C(C)C. The van der Waals surface area contributed by atoms with Gasteiger partial charge in [-0.05, 0) is 33.3 Å². The second-order valence-electron chi connectivity index (χ2n) is 6.29. The lowest BCUT2D eigenvalue weighted by Crippen LogP contribution is -2.33. The topological polar surface area (TPSA) is 55.2 Å². The minimum absolute atomic E-state index is 0.0296. The van der Waals surface area contributed by atoms with E-state index in [9.17, 15) is 9.59 Å². The second kappa shape index (κ2) is 8.68. The van der Waals surface area contributed by atoms with Crippen molar-refractivity contribution >= 4 is 39.2 Å². The number of thioether (sulfide) groups is 1. The molecule has 2 aromatic heterocycles. The molecular formula is C19H25N3O2S2. The Morgan fingerprint density at radius 3 is 2.46 bits per heavy atom. The zero-order valence-corrected chi connectivity index (χ0v) is 17.4. The number of aromatic nitrogens is 2. The molecule has 0 fully saturated rings. The third-order valence-corrected chi connectivity index (χ3v) is 6.13. The summed E-state index contributed by atoms with van der Waals surface area (Å²) in [5.41, 5.74) is 0.962. The van der Waals surface area contributed by atoms with Crippen LogP contribution in [0.1, 0.15) is 30.3 Å². The maximum atomic E-state index is 13.0. The predicted molar refractivity (Wildman–Crippen MR) is 111 cm³/mol. The first-order valence-corrected chi connectivity index (χ1v) is 10.3. The van der Waals surface area contributed by atoms with Gasteiger partial charge in [-0.3, -0.25) is 14.2 Å². The molecule has 0 N–H and O–H groups in total. The Labute approximate surface area is 162 Å². The molecule has 140 valence electrons. The molecule has 0 unspecified atom stereocenters. The minimum atomic E-state index is -0.0333. The summed E-state index contributed by atoms with van der Waals surface area (Å²) in [5.74, 6) is 0.188. The van der Waals surface area contributed by atoms with Gasteiger partial charge in [0.2, 0.25) is 5.91 Å². The normalized spacial score (nSPS) is 11.1. The number of amides is 1. The summed E-state index contributed by atoms with van der Waals surface area (Å²) in [6, 6.07) is -0.0333. The number of carbonyl (C=O) groups excluding carboxylic acids is 1. The summed E-state index contributed by atoms with van der Waals surface area (Å²) in [5, 5.41) is 1.28. The van der Waals surface area contributed by atoms with Crippen LogP contribution in [0.25, 0.3) is 10.2 Å². The van der Waals surface area contributed by atoms with E-state index in [0.717, 1.165) is 15.3 Å². The van der Waals surface area contributed by atoms with Crippen LogP contribution in [0.4, 0.5) is 0 Å². The summed E-state index contributed by atoms with van der Waals surface area (Å²) in [6.45, 7) is 16.2. The number of fused-ring (bicyclic) bond motifs is 1. The van der Waals surface area contributed by atoms with E-state index in [-0.39, 0.29) is 23.3 Å². The van der Waals surface area contributed by atoms with Gasteiger partial charge in [-0.15, -0.1) is 24.5 Å². The molecule has 0 aromatic carbocycles. The van der Waals surface area contributed by atoms with Crippen LogP contribution in [0.15, 0.2) is 35.3 Å². The highest BCUT2D eigenvalue weighted by molar-refractivity contribution is 7.99. The van der Waals surface area contributed by atoms with E-state index >= 15 is 0 Å². The molecule has 1 amide bonds. The molecule has 0 aliphatic heterocycles. The van der Waals surface area contributed by atoms with Gasteiger partial charge in [0.05, 0.1) is 11.1 Å². The van der Waals surface area contributed by atoms with E-state index in [1.807, 2.05) is 27.7 Å². The van der Waals surface area contributed by atoms with Gasteiger partial charge in [0.1, 0.15) is 4.83 Å². The largest absolute Gasteiger partial charge is 0.335 e. The zero-order chi connectivity index (χ0) is 19.4. The number of thiophene rings is 1. The van der Waals surface area contributed by atoms with Crippen LogP contribution in [0.3, 0.4) is 0 Å². The Morgan fingerprint density at radius 2 is 1.92 bits per heavy atom. The van der Waals surface area contributed by atoms with Crippen molar-refractivity contribution in [3.05, 3.63) is 46.1 Å². The Bertz CT molecular complexity index is 886. The van der Waals surface area contributed by atoms with E-state index in [2.05, 4.69) is 13.2 Å². The molecule has 2 rings (SSSR count). The van der Waals surface area contributed by atoms with Crippen molar-refractivity contribution in [2.45, 2.75) is 38.9 Å². The van der Waals surface area contributed by atoms with E-state index in [1.165, 1.54) is 23.1 Å². The third kappa shape index (κ3) is 4.10. The lowest BCUT2D eigenvalue weighted by atomic mass is 10.2. The van der Waals surface area contributed by atoms with Crippen molar-refractivity contribution in [1.29, 1.82) is 0 Å². The lowest BCUT2D eigenvalue weighted by Gasteiger charge is -2.20. The number of aryl methyl sites for hydroxylation is 2. The van der Waals surface area contributed by atoms with Crippen molar-refractivity contribution in [2.24, 2.45) is 0 Å². The van der Waals surface area contributed by atoms with Gasteiger partial charge in [-0.2, -0.15) is 0 Å². The highest BCUT2D eigenvalue weighted by atomic mass is 32.2. The summed E-state index contributed by atoms with van der Waals surface area (Å²) in [7, 11) is 0. The van der Waals surface area contributed by atoms with Gasteiger partial charge in [0.25, 0.3) is 5.56 Å². The highest BCUT2D eigenvalue weighted by Gasteiger charge is 2.20. The first-order chi connectivity index (χ1) is 12.3. The van der Waals surface area contributed by atoms with Crippen molar-refractivity contribution in [3.63, 3.8) is 0 Å². The fourth-order valence-electron chi connectivity index (χ4n) is 2.65. The van der Waals surface area contributed by atoms with Gasteiger partial charge >= 0.3 is 0 Å². The first kappa shape index (κ1) is 20.5. The zero-order valence-electron chi connectivity index (χ0n) is 15.7. The van der Waals surface area contributed by atoms with Crippen molar-refractivity contribution < 1.29 is 4.79 Å². The maximum absolute atomic E-state index is 13.0. The lowest BCUT2D eigenvalue weighted by molar-refractivity contribution is -0.127. The molecule has 0 saturated carbocycles. The van der Waals surface area contributed by atoms with Crippen LogP contribution in [0.5, 0.6) is 0 Å².